The number of benzene rings is 2. The number of ether oxygens (including phenoxy) is 2. The number of nitrogens with one attached hydrogen (secondary N) is 1. The van der Waals surface area contributed by atoms with Crippen LogP contribution in [-0.2, 0) is 23.9 Å². The fraction of sp³-hybridized carbons (Fsp3) is 0.429. The van der Waals surface area contributed by atoms with E-state index in [1.807, 2.05) is 29.2 Å². The van der Waals surface area contributed by atoms with Crippen molar-refractivity contribution in [2.75, 3.05) is 44.7 Å². The topological polar surface area (TPSA) is 139 Å². The van der Waals surface area contributed by atoms with Gasteiger partial charge < -0.3 is 29.5 Å². The molecule has 13 nitrogen and oxygen atoms in total. The molecule has 3 aliphatic rings. The van der Waals surface area contributed by atoms with E-state index in [9.17, 15) is 32.3 Å². The van der Waals surface area contributed by atoms with E-state index < -0.39 is 24.5 Å². The number of hydrogen-bond acceptors (Lipinski definition) is 9. The summed E-state index contributed by atoms with van der Waals surface area (Å²) in [7, 11) is 1.35. The van der Waals surface area contributed by atoms with Gasteiger partial charge in [-0.15, -0.1) is 18.3 Å². The van der Waals surface area contributed by atoms with E-state index in [4.69, 9.17) is 27.9 Å². The van der Waals surface area contributed by atoms with E-state index in [0.717, 1.165) is 53.8 Å². The number of amides is 3. The fourth-order valence-corrected chi connectivity index (χ4v) is 6.96. The Balaban J connectivity index is 0.000000609. The number of alkyl halides is 3. The molecule has 284 valence electrons. The highest BCUT2D eigenvalue weighted by Crippen LogP contribution is 2.36. The number of piperazine rings is 1. The van der Waals surface area contributed by atoms with Gasteiger partial charge in [-0.05, 0) is 60.7 Å². The van der Waals surface area contributed by atoms with Gasteiger partial charge in [0.05, 0.1) is 31.6 Å². The molecule has 4 heterocycles. The predicted molar refractivity (Wildman–Crippen MR) is 189 cm³/mol. The molecular weight excluding hydrogens is 742 g/mol. The number of carbonyl (C=O) groups excluding carboxylic acids is 4. The van der Waals surface area contributed by atoms with Gasteiger partial charge in [-0.2, -0.15) is 0 Å². The molecule has 0 saturated carbocycles. The average Bonchev–Trinajstić information content (AvgIpc) is 3.55. The molecule has 0 radical (unpaired) electrons. The molecule has 3 aliphatic heterocycles. The van der Waals surface area contributed by atoms with Crippen molar-refractivity contribution in [2.24, 2.45) is 0 Å². The van der Waals surface area contributed by atoms with Crippen LogP contribution in [0.4, 0.5) is 23.7 Å². The maximum absolute atomic E-state index is 13.9. The van der Waals surface area contributed by atoms with E-state index >= 15 is 0 Å². The number of hydrogen-bond donors (Lipinski definition) is 1. The second-order valence-electron chi connectivity index (χ2n) is 12.5. The summed E-state index contributed by atoms with van der Waals surface area (Å²) in [5.41, 5.74) is 4.33. The molecule has 1 fully saturated rings. The number of rotatable bonds is 3. The number of halogens is 5. The van der Waals surface area contributed by atoms with Crippen LogP contribution in [0, 0.1) is 0 Å². The quantitative estimate of drug-likeness (QED) is 0.320. The highest BCUT2D eigenvalue weighted by Gasteiger charge is 2.36. The van der Waals surface area contributed by atoms with Crippen molar-refractivity contribution in [3.05, 3.63) is 76.0 Å². The van der Waals surface area contributed by atoms with Crippen molar-refractivity contribution in [3.8, 4) is 5.69 Å². The van der Waals surface area contributed by atoms with Gasteiger partial charge in [0.1, 0.15) is 6.04 Å². The third-order valence-corrected chi connectivity index (χ3v) is 9.42. The molecule has 2 atom stereocenters. The molecule has 3 amide bonds. The Morgan fingerprint density at radius 3 is 2.43 bits per heavy atom. The molecule has 1 aromatic heterocycles. The first-order chi connectivity index (χ1) is 25.2. The lowest BCUT2D eigenvalue weighted by molar-refractivity contribution is -0.304. The summed E-state index contributed by atoms with van der Waals surface area (Å²) in [6.07, 6.45) is 2.12. The maximum Gasteiger partial charge on any atom is 0.575 e. The van der Waals surface area contributed by atoms with Gasteiger partial charge in [-0.25, -0.2) is 9.48 Å². The highest BCUT2D eigenvalue weighted by molar-refractivity contribution is 6.31. The van der Waals surface area contributed by atoms with Crippen molar-refractivity contribution in [2.45, 2.75) is 57.5 Å². The van der Waals surface area contributed by atoms with E-state index in [0.29, 0.717) is 44.5 Å². The molecular formula is C35H38Cl2F3N7O6. The summed E-state index contributed by atoms with van der Waals surface area (Å²) in [5.74, 6) is -1.53. The van der Waals surface area contributed by atoms with Crippen molar-refractivity contribution >= 4 is 58.3 Å². The van der Waals surface area contributed by atoms with E-state index in [1.165, 1.54) is 7.11 Å². The summed E-state index contributed by atoms with van der Waals surface area (Å²) >= 11 is 12.4. The third-order valence-electron chi connectivity index (χ3n) is 9.01. The van der Waals surface area contributed by atoms with Crippen LogP contribution in [0.2, 0.25) is 10.2 Å². The van der Waals surface area contributed by atoms with Gasteiger partial charge in [0.25, 0.3) is 0 Å². The van der Waals surface area contributed by atoms with Crippen LogP contribution in [0.1, 0.15) is 56.2 Å². The van der Waals surface area contributed by atoms with Gasteiger partial charge in [0.15, 0.2) is 5.15 Å². The lowest BCUT2D eigenvalue weighted by Gasteiger charge is -2.41. The Bertz CT molecular complexity index is 1860. The Kier molecular flexibility index (Phi) is 12.9. The number of esters is 1. The number of anilines is 1. The second kappa shape index (κ2) is 17.3. The molecule has 1 saturated heterocycles. The maximum atomic E-state index is 13.9. The Morgan fingerprint density at radius 2 is 1.77 bits per heavy atom. The van der Waals surface area contributed by atoms with Crippen LogP contribution in [0.25, 0.3) is 11.3 Å². The first-order valence-corrected chi connectivity index (χ1v) is 17.6. The minimum Gasteiger partial charge on any atom is -0.453 e. The molecule has 3 aromatic rings. The van der Waals surface area contributed by atoms with Gasteiger partial charge in [-0.1, -0.05) is 53.4 Å². The highest BCUT2D eigenvalue weighted by atomic mass is 35.5. The first kappa shape index (κ1) is 39.4. The Morgan fingerprint density at radius 1 is 0.981 bits per heavy atom. The normalized spacial score (nSPS) is 19.6. The minimum atomic E-state index is -4.83. The van der Waals surface area contributed by atoms with E-state index in [2.05, 4.69) is 37.4 Å². The van der Waals surface area contributed by atoms with Crippen LogP contribution in [0.5, 0.6) is 0 Å². The Labute approximate surface area is 313 Å². The molecule has 53 heavy (non-hydrogen) atoms. The monoisotopic (exact) mass is 779 g/mol. The number of aromatic nitrogens is 3. The lowest BCUT2D eigenvalue weighted by atomic mass is 9.93. The Hall–Kier alpha value is -4.83. The van der Waals surface area contributed by atoms with Crippen LogP contribution in [0.15, 0.2) is 54.7 Å². The zero-order valence-corrected chi connectivity index (χ0v) is 30.5. The van der Waals surface area contributed by atoms with E-state index in [1.54, 1.807) is 27.9 Å². The summed E-state index contributed by atoms with van der Waals surface area (Å²) in [6, 6.07) is 12.9. The molecule has 0 spiro atoms. The second-order valence-corrected chi connectivity index (χ2v) is 13.3. The number of fused-ring (bicyclic) bond motifs is 4. The number of methoxy groups -OCH3 is 1. The molecule has 0 aliphatic carbocycles. The fourth-order valence-electron chi connectivity index (χ4n) is 6.66. The van der Waals surface area contributed by atoms with Gasteiger partial charge in [0.2, 0.25) is 11.8 Å². The smallest absolute Gasteiger partial charge is 0.453 e. The lowest BCUT2D eigenvalue weighted by Crippen LogP contribution is -2.60. The molecule has 18 heteroatoms. The summed E-state index contributed by atoms with van der Waals surface area (Å²) in [4.78, 5) is 54.6. The first-order valence-electron chi connectivity index (χ1n) is 16.9. The third kappa shape index (κ3) is 10.2. The molecule has 2 bridgehead atoms. The molecule has 0 unspecified atom stereocenters. The minimum absolute atomic E-state index is 0.0695. The average molecular weight is 781 g/mol. The van der Waals surface area contributed by atoms with Gasteiger partial charge in [-0.3, -0.25) is 14.4 Å². The SMILES string of the molecule is CC(=O)OC(F)(F)F.COC(=O)N1CCN2c3cccc(c3)[C@@H](N3CCC(c4cc(Cl)ccc4-n4cc(Cl)nn4)=CC3=O)CCCCCNC(=O)[C@H]2C1. The summed E-state index contributed by atoms with van der Waals surface area (Å²) < 4.78 is 41.9. The number of carbonyl (C=O) groups is 4. The van der Waals surface area contributed by atoms with Crippen molar-refractivity contribution in [1.29, 1.82) is 0 Å². The van der Waals surface area contributed by atoms with Crippen LogP contribution in [0.3, 0.4) is 0 Å². The van der Waals surface area contributed by atoms with E-state index in [-0.39, 0.29) is 29.6 Å². The zero-order chi connectivity index (χ0) is 38.3. The largest absolute Gasteiger partial charge is 0.575 e. The molecule has 1 N–H and O–H groups in total. The van der Waals surface area contributed by atoms with Crippen LogP contribution in [-0.4, -0.2) is 101 Å². The summed E-state index contributed by atoms with van der Waals surface area (Å²) in [6.45, 7) is 2.93. The van der Waals surface area contributed by atoms with Gasteiger partial charge in [0, 0.05) is 55.5 Å². The molecule has 6 rings (SSSR count). The molecule has 2 aromatic carbocycles. The van der Waals surface area contributed by atoms with Crippen LogP contribution >= 0.6 is 23.2 Å². The summed E-state index contributed by atoms with van der Waals surface area (Å²) in [5, 5.41) is 11.9. The van der Waals surface area contributed by atoms with Gasteiger partial charge >= 0.3 is 18.4 Å². The standard InChI is InChI=1S/C32H35Cl2N7O4.C3H3F3O2/c1-45-32(44)38-14-15-39-24-7-5-6-22(16-24)26(8-3-2-4-12-35-31(43)28(39)19-38)40-13-11-21(17-30(40)42)25-18-23(33)9-10-27(25)41-20-29(34)36-37-41;1-2(7)8-3(4,5)6/h5-7,9-10,16-18,20,26,28H,2-4,8,11-15,19H2,1H3,(H,35,43);1H3/t26-,28+;/m0./s1. The van der Waals surface area contributed by atoms with Crippen molar-refractivity contribution in [3.63, 3.8) is 0 Å². The predicted octanol–water partition coefficient (Wildman–Crippen LogP) is 5.95. The van der Waals surface area contributed by atoms with Crippen molar-refractivity contribution < 1.29 is 41.8 Å². The van der Waals surface area contributed by atoms with Crippen LogP contribution < -0.4 is 10.2 Å². The van der Waals surface area contributed by atoms with Crippen molar-refractivity contribution in [1.82, 2.24) is 30.1 Å². The zero-order valence-electron chi connectivity index (χ0n) is 28.9. The number of nitrogens with zero attached hydrogens (tertiary/aromatic N) is 6.